The van der Waals surface area contributed by atoms with Gasteiger partial charge in [0.25, 0.3) is 0 Å². The van der Waals surface area contributed by atoms with Crippen molar-refractivity contribution in [2.75, 3.05) is 26.7 Å². The number of likely N-dealkylation sites (N-methyl/N-ethyl adjacent to an activating group) is 1. The molecule has 5 nitrogen and oxygen atoms in total. The Morgan fingerprint density at radius 2 is 1.89 bits per heavy atom. The summed E-state index contributed by atoms with van der Waals surface area (Å²) in [4.78, 5) is 26.2. The average molecular weight is 251 g/mol. The average Bonchev–Trinajstić information content (AvgIpc) is 2.31. The van der Waals surface area contributed by atoms with Crippen molar-refractivity contribution in [3.05, 3.63) is 0 Å². The van der Waals surface area contributed by atoms with Gasteiger partial charge in [0, 0.05) is 13.6 Å². The molecule has 1 aliphatic heterocycles. The van der Waals surface area contributed by atoms with E-state index >= 15 is 0 Å². The first-order valence-electron chi connectivity index (χ1n) is 6.29. The Labute approximate surface area is 108 Å². The van der Waals surface area contributed by atoms with E-state index in [1.54, 1.807) is 11.9 Å². The molecule has 5 heteroatoms. The monoisotopic (exact) mass is 251 g/mol. The number of nitrogens with zero attached hydrogens (tertiary/aromatic N) is 3. The SMILES string of the molecule is CN1CC(=O)N(CCCCC(C)(C)C#N)CC1=O. The van der Waals surface area contributed by atoms with Gasteiger partial charge in [-0.25, -0.2) is 0 Å². The molecule has 1 aliphatic rings. The molecule has 100 valence electrons. The minimum atomic E-state index is -0.304. The molecule has 0 bridgehead atoms. The van der Waals surface area contributed by atoms with E-state index in [1.165, 1.54) is 4.90 Å². The first-order chi connectivity index (χ1) is 8.35. The molecule has 0 N–H and O–H groups in total. The van der Waals surface area contributed by atoms with Crippen LogP contribution in [0.5, 0.6) is 0 Å². The summed E-state index contributed by atoms with van der Waals surface area (Å²) in [5.74, 6) is 0.00333. The van der Waals surface area contributed by atoms with Crippen LogP contribution in [0, 0.1) is 16.7 Å². The number of carbonyl (C=O) groups excluding carboxylic acids is 2. The maximum atomic E-state index is 11.7. The normalized spacial score (nSPS) is 17.0. The summed E-state index contributed by atoms with van der Waals surface area (Å²) in [7, 11) is 1.65. The minimum Gasteiger partial charge on any atom is -0.335 e. The number of unbranched alkanes of at least 4 members (excludes halogenated alkanes) is 1. The van der Waals surface area contributed by atoms with Crippen LogP contribution in [0.25, 0.3) is 0 Å². The smallest absolute Gasteiger partial charge is 0.242 e. The van der Waals surface area contributed by atoms with Crippen LogP contribution in [0.2, 0.25) is 0 Å². The highest BCUT2D eigenvalue weighted by Gasteiger charge is 2.26. The van der Waals surface area contributed by atoms with E-state index in [2.05, 4.69) is 6.07 Å². The predicted octanol–water partition coefficient (Wildman–Crippen LogP) is 1.01. The number of rotatable bonds is 5. The second-order valence-electron chi connectivity index (χ2n) is 5.52. The van der Waals surface area contributed by atoms with Gasteiger partial charge in [-0.3, -0.25) is 9.59 Å². The standard InChI is InChI=1S/C13H21N3O2/c1-13(2,10-14)6-4-5-7-16-9-11(17)15(3)8-12(16)18/h4-9H2,1-3H3. The van der Waals surface area contributed by atoms with E-state index < -0.39 is 0 Å². The number of carbonyl (C=O) groups is 2. The first-order valence-corrected chi connectivity index (χ1v) is 6.29. The molecular formula is C13H21N3O2. The van der Waals surface area contributed by atoms with Gasteiger partial charge in [-0.1, -0.05) is 6.42 Å². The Balaban J connectivity index is 2.30. The van der Waals surface area contributed by atoms with Gasteiger partial charge < -0.3 is 9.80 Å². The fraction of sp³-hybridized carbons (Fsp3) is 0.769. The van der Waals surface area contributed by atoms with Crippen LogP contribution in [-0.2, 0) is 9.59 Å². The molecule has 0 aromatic carbocycles. The fourth-order valence-corrected chi connectivity index (χ4v) is 1.89. The summed E-state index contributed by atoms with van der Waals surface area (Å²) >= 11 is 0. The summed E-state index contributed by atoms with van der Waals surface area (Å²) in [5, 5.41) is 8.88. The van der Waals surface area contributed by atoms with Crippen molar-refractivity contribution in [2.45, 2.75) is 33.1 Å². The Hall–Kier alpha value is -1.57. The van der Waals surface area contributed by atoms with Crippen molar-refractivity contribution >= 4 is 11.8 Å². The molecular weight excluding hydrogens is 230 g/mol. The van der Waals surface area contributed by atoms with Gasteiger partial charge in [0.15, 0.2) is 0 Å². The molecule has 0 saturated carbocycles. The Kier molecular flexibility index (Phi) is 4.71. The van der Waals surface area contributed by atoms with Crippen LogP contribution in [-0.4, -0.2) is 48.3 Å². The van der Waals surface area contributed by atoms with Gasteiger partial charge in [0.2, 0.25) is 11.8 Å². The van der Waals surface area contributed by atoms with Gasteiger partial charge in [-0.15, -0.1) is 0 Å². The molecule has 1 saturated heterocycles. The van der Waals surface area contributed by atoms with Gasteiger partial charge in [0.05, 0.1) is 24.6 Å². The molecule has 0 spiro atoms. The van der Waals surface area contributed by atoms with Gasteiger partial charge >= 0.3 is 0 Å². The first kappa shape index (κ1) is 14.5. The van der Waals surface area contributed by atoms with E-state index in [4.69, 9.17) is 5.26 Å². The topological polar surface area (TPSA) is 64.4 Å². The lowest BCUT2D eigenvalue weighted by molar-refractivity contribution is -0.148. The summed E-state index contributed by atoms with van der Waals surface area (Å²) in [5.41, 5.74) is -0.304. The minimum absolute atomic E-state index is 0.00745. The van der Waals surface area contributed by atoms with Crippen LogP contribution < -0.4 is 0 Å². The molecule has 1 fully saturated rings. The van der Waals surface area contributed by atoms with Crippen molar-refractivity contribution in [1.82, 2.24) is 9.80 Å². The van der Waals surface area contributed by atoms with E-state index in [9.17, 15) is 9.59 Å². The van der Waals surface area contributed by atoms with Crippen LogP contribution >= 0.6 is 0 Å². The number of hydrogen-bond acceptors (Lipinski definition) is 3. The van der Waals surface area contributed by atoms with Crippen molar-refractivity contribution in [2.24, 2.45) is 5.41 Å². The summed E-state index contributed by atoms with van der Waals surface area (Å²) in [6.07, 6.45) is 2.56. The molecule has 0 atom stereocenters. The molecule has 1 heterocycles. The molecule has 0 aliphatic carbocycles. The largest absolute Gasteiger partial charge is 0.335 e. The Morgan fingerprint density at radius 3 is 2.50 bits per heavy atom. The summed E-state index contributed by atoms with van der Waals surface area (Å²) in [6.45, 7) is 4.81. The lowest BCUT2D eigenvalue weighted by Crippen LogP contribution is -2.52. The Morgan fingerprint density at radius 1 is 1.22 bits per heavy atom. The highest BCUT2D eigenvalue weighted by molar-refractivity contribution is 5.92. The maximum absolute atomic E-state index is 11.7. The number of nitriles is 1. The van der Waals surface area contributed by atoms with Crippen molar-refractivity contribution in [3.63, 3.8) is 0 Å². The van der Waals surface area contributed by atoms with Crippen molar-refractivity contribution in [1.29, 1.82) is 5.26 Å². The maximum Gasteiger partial charge on any atom is 0.242 e. The lowest BCUT2D eigenvalue weighted by Gasteiger charge is -2.31. The van der Waals surface area contributed by atoms with E-state index in [-0.39, 0.29) is 30.3 Å². The fourth-order valence-electron chi connectivity index (χ4n) is 1.89. The van der Waals surface area contributed by atoms with Crippen LogP contribution in [0.3, 0.4) is 0 Å². The van der Waals surface area contributed by atoms with Crippen LogP contribution in [0.15, 0.2) is 0 Å². The zero-order valence-electron chi connectivity index (χ0n) is 11.4. The highest BCUT2D eigenvalue weighted by atomic mass is 16.2. The van der Waals surface area contributed by atoms with Gasteiger partial charge in [-0.2, -0.15) is 5.26 Å². The highest BCUT2D eigenvalue weighted by Crippen LogP contribution is 2.21. The molecule has 0 radical (unpaired) electrons. The van der Waals surface area contributed by atoms with Crippen LogP contribution in [0.4, 0.5) is 0 Å². The van der Waals surface area contributed by atoms with Gasteiger partial charge in [-0.05, 0) is 26.7 Å². The lowest BCUT2D eigenvalue weighted by atomic mass is 9.89. The summed E-state index contributed by atoms with van der Waals surface area (Å²) in [6, 6.07) is 2.26. The Bertz CT molecular complexity index is 371. The van der Waals surface area contributed by atoms with Crippen molar-refractivity contribution in [3.8, 4) is 6.07 Å². The molecule has 0 aromatic rings. The van der Waals surface area contributed by atoms with Crippen molar-refractivity contribution < 1.29 is 9.59 Å². The van der Waals surface area contributed by atoms with Gasteiger partial charge in [0.1, 0.15) is 0 Å². The number of piperazine rings is 1. The second kappa shape index (κ2) is 5.85. The number of amides is 2. The van der Waals surface area contributed by atoms with Crippen LogP contribution in [0.1, 0.15) is 33.1 Å². The zero-order valence-corrected chi connectivity index (χ0v) is 11.4. The third-order valence-corrected chi connectivity index (χ3v) is 3.26. The quantitative estimate of drug-likeness (QED) is 0.685. The second-order valence-corrected chi connectivity index (χ2v) is 5.52. The third-order valence-electron chi connectivity index (χ3n) is 3.26. The third kappa shape index (κ3) is 4.02. The van der Waals surface area contributed by atoms with E-state index in [0.717, 1.165) is 19.3 Å². The molecule has 0 aromatic heterocycles. The molecule has 18 heavy (non-hydrogen) atoms. The molecule has 0 unspecified atom stereocenters. The summed E-state index contributed by atoms with van der Waals surface area (Å²) < 4.78 is 0. The molecule has 1 rings (SSSR count). The molecule has 2 amide bonds. The van der Waals surface area contributed by atoms with E-state index in [0.29, 0.717) is 6.54 Å². The van der Waals surface area contributed by atoms with E-state index in [1.807, 2.05) is 13.8 Å². The number of hydrogen-bond donors (Lipinski definition) is 0. The predicted molar refractivity (Wildman–Crippen MR) is 67.5 cm³/mol. The zero-order chi connectivity index (χ0) is 13.8.